The van der Waals surface area contributed by atoms with Crippen LogP contribution in [0.2, 0.25) is 5.02 Å². The largest absolute Gasteiger partial charge is 0.494 e. The van der Waals surface area contributed by atoms with Crippen molar-refractivity contribution in [1.82, 2.24) is 10.9 Å². The van der Waals surface area contributed by atoms with Crippen LogP contribution < -0.4 is 15.6 Å². The van der Waals surface area contributed by atoms with Crippen molar-refractivity contribution in [3.63, 3.8) is 0 Å². The van der Waals surface area contributed by atoms with Gasteiger partial charge in [0.1, 0.15) is 5.75 Å². The van der Waals surface area contributed by atoms with Gasteiger partial charge in [-0.25, -0.2) is 10.4 Å². The summed E-state index contributed by atoms with van der Waals surface area (Å²) in [6.45, 7) is 0.996. The fraction of sp³-hybridized carbons (Fsp3) is 0.235. The number of aliphatic hydroxyl groups excluding tert-OH is 1. The third-order valence-corrected chi connectivity index (χ3v) is 7.91. The van der Waals surface area contributed by atoms with E-state index in [1.165, 1.54) is 0 Å². The Morgan fingerprint density at radius 2 is 1.72 bits per heavy atom. The number of amides is 1. The van der Waals surface area contributed by atoms with Crippen LogP contribution >= 0.6 is 27.5 Å². The second kappa shape index (κ2) is 14.7. The highest BCUT2D eigenvalue weighted by molar-refractivity contribution is 9.10. The molecule has 2 atom stereocenters. The van der Waals surface area contributed by atoms with Crippen LogP contribution in [0.25, 0.3) is 0 Å². The molecule has 0 bridgehead atoms. The number of hydrogen-bond donors (Lipinski definition) is 3. The van der Waals surface area contributed by atoms with Gasteiger partial charge in [-0.05, 0) is 71.6 Å². The highest BCUT2D eigenvalue weighted by atomic mass is 79.9. The van der Waals surface area contributed by atoms with Gasteiger partial charge < -0.3 is 14.6 Å². The van der Waals surface area contributed by atoms with Gasteiger partial charge in [-0.3, -0.25) is 10.2 Å². The van der Waals surface area contributed by atoms with Crippen molar-refractivity contribution < 1.29 is 19.4 Å². The van der Waals surface area contributed by atoms with E-state index in [0.717, 1.165) is 26.7 Å². The van der Waals surface area contributed by atoms with Gasteiger partial charge in [-0.15, -0.1) is 0 Å². The SMILES string of the molecule is O=C(NNCCc1cccc(Cl)c1)[C@@]1(Cc2ccccc2)N=C(c2ccc(OCCCO)cc2)O[C@H]1c1ccc(Br)cc1. The summed E-state index contributed by atoms with van der Waals surface area (Å²) >= 11 is 9.65. The molecule has 0 aliphatic carbocycles. The summed E-state index contributed by atoms with van der Waals surface area (Å²) in [6.07, 6.45) is 0.866. The number of nitrogens with one attached hydrogen (secondary N) is 2. The van der Waals surface area contributed by atoms with Gasteiger partial charge in [0.25, 0.3) is 5.91 Å². The molecule has 43 heavy (non-hydrogen) atoms. The number of rotatable bonds is 13. The number of benzene rings is 4. The van der Waals surface area contributed by atoms with Crippen LogP contribution in [0, 0.1) is 0 Å². The van der Waals surface area contributed by atoms with E-state index in [9.17, 15) is 4.79 Å². The smallest absolute Gasteiger partial charge is 0.266 e. The van der Waals surface area contributed by atoms with Gasteiger partial charge in [0.2, 0.25) is 5.90 Å². The predicted molar refractivity (Wildman–Crippen MR) is 172 cm³/mol. The molecule has 3 N–H and O–H groups in total. The molecule has 1 heterocycles. The molecule has 0 saturated heterocycles. The van der Waals surface area contributed by atoms with Crippen molar-refractivity contribution in [3.8, 4) is 5.75 Å². The summed E-state index contributed by atoms with van der Waals surface area (Å²) in [6, 6.07) is 32.7. The Labute approximate surface area is 265 Å². The number of carbonyl (C=O) groups is 1. The molecule has 0 saturated carbocycles. The van der Waals surface area contributed by atoms with Gasteiger partial charge in [-0.2, -0.15) is 0 Å². The molecule has 4 aromatic carbocycles. The number of aliphatic hydroxyl groups is 1. The van der Waals surface area contributed by atoms with Crippen molar-refractivity contribution in [1.29, 1.82) is 0 Å². The first kappa shape index (κ1) is 30.8. The number of ether oxygens (including phenoxy) is 2. The lowest BCUT2D eigenvalue weighted by Gasteiger charge is -2.31. The minimum absolute atomic E-state index is 0.0706. The fourth-order valence-electron chi connectivity index (χ4n) is 4.98. The summed E-state index contributed by atoms with van der Waals surface area (Å²) in [7, 11) is 0. The minimum Gasteiger partial charge on any atom is -0.494 e. The Kier molecular flexibility index (Phi) is 10.5. The Morgan fingerprint density at radius 1 is 0.977 bits per heavy atom. The van der Waals surface area contributed by atoms with Crippen LogP contribution in [0.3, 0.4) is 0 Å². The summed E-state index contributed by atoms with van der Waals surface area (Å²) < 4.78 is 13.2. The standard InChI is InChI=1S/C34H33BrClN3O4/c35-28-14-10-26(11-15-28)31-34(23-25-6-2-1-3-7-25,33(41)39-37-19-18-24-8-4-9-29(36)22-24)38-32(43-31)27-12-16-30(17-13-27)42-21-5-20-40/h1-4,6-17,22,31,37,40H,5,18-21,23H2,(H,39,41)/t31-,34-/m0/s1. The summed E-state index contributed by atoms with van der Waals surface area (Å²) in [5, 5.41) is 9.72. The van der Waals surface area contributed by atoms with E-state index in [4.69, 9.17) is 31.2 Å². The van der Waals surface area contributed by atoms with Gasteiger partial charge in [-0.1, -0.05) is 82.1 Å². The first-order valence-corrected chi connectivity index (χ1v) is 15.3. The maximum Gasteiger partial charge on any atom is 0.266 e. The second-order valence-corrected chi connectivity index (χ2v) is 11.6. The predicted octanol–water partition coefficient (Wildman–Crippen LogP) is 6.23. The van der Waals surface area contributed by atoms with E-state index in [1.807, 2.05) is 103 Å². The summed E-state index contributed by atoms with van der Waals surface area (Å²) in [4.78, 5) is 19.3. The molecular formula is C34H33BrClN3O4. The van der Waals surface area contributed by atoms with Crippen LogP contribution in [-0.4, -0.2) is 42.2 Å². The second-order valence-electron chi connectivity index (χ2n) is 10.3. The average Bonchev–Trinajstić information content (AvgIpc) is 3.41. The third-order valence-electron chi connectivity index (χ3n) is 7.15. The summed E-state index contributed by atoms with van der Waals surface area (Å²) in [5.74, 6) is 0.756. The van der Waals surface area contributed by atoms with E-state index >= 15 is 0 Å². The first-order valence-electron chi connectivity index (χ1n) is 14.1. The molecule has 4 aromatic rings. The Hall–Kier alpha value is -3.69. The molecule has 0 spiro atoms. The lowest BCUT2D eigenvalue weighted by Crippen LogP contribution is -2.54. The van der Waals surface area contributed by atoms with Crippen LogP contribution in [-0.2, 0) is 22.4 Å². The molecule has 0 unspecified atom stereocenters. The van der Waals surface area contributed by atoms with Crippen LogP contribution in [0.5, 0.6) is 5.75 Å². The highest BCUT2D eigenvalue weighted by Gasteiger charge is 2.53. The van der Waals surface area contributed by atoms with E-state index in [0.29, 0.717) is 49.1 Å². The first-order chi connectivity index (χ1) is 21.0. The lowest BCUT2D eigenvalue weighted by atomic mass is 9.82. The van der Waals surface area contributed by atoms with Gasteiger partial charge in [0.05, 0.1) is 6.61 Å². The van der Waals surface area contributed by atoms with E-state index in [-0.39, 0.29) is 12.5 Å². The quantitative estimate of drug-likeness (QED) is 0.117. The zero-order valence-corrected chi connectivity index (χ0v) is 25.9. The van der Waals surface area contributed by atoms with Crippen molar-refractivity contribution >= 4 is 39.3 Å². The van der Waals surface area contributed by atoms with Crippen LogP contribution in [0.15, 0.2) is 113 Å². The van der Waals surface area contributed by atoms with Gasteiger partial charge in [0, 0.05) is 41.1 Å². The number of nitrogens with zero attached hydrogens (tertiary/aromatic N) is 1. The zero-order valence-electron chi connectivity index (χ0n) is 23.5. The molecule has 0 aromatic heterocycles. The molecule has 1 aliphatic heterocycles. The van der Waals surface area contributed by atoms with Gasteiger partial charge in [0.15, 0.2) is 11.6 Å². The third kappa shape index (κ3) is 7.83. The number of hydrogen-bond acceptors (Lipinski definition) is 6. The molecule has 0 radical (unpaired) electrons. The minimum atomic E-state index is -1.30. The normalized spacial score (nSPS) is 17.7. The monoisotopic (exact) mass is 661 g/mol. The van der Waals surface area contributed by atoms with Crippen molar-refractivity contribution in [3.05, 3.63) is 135 Å². The van der Waals surface area contributed by atoms with Crippen molar-refractivity contribution in [2.24, 2.45) is 4.99 Å². The molecule has 9 heteroatoms. The van der Waals surface area contributed by atoms with Gasteiger partial charge >= 0.3 is 0 Å². The molecule has 5 rings (SSSR count). The molecule has 1 aliphatic rings. The topological polar surface area (TPSA) is 92.2 Å². The van der Waals surface area contributed by atoms with Crippen molar-refractivity contribution in [2.45, 2.75) is 30.9 Å². The average molecular weight is 663 g/mol. The maximum absolute atomic E-state index is 14.2. The highest BCUT2D eigenvalue weighted by Crippen LogP contribution is 2.42. The number of aliphatic imine (C=N–C) groups is 1. The van der Waals surface area contributed by atoms with Crippen LogP contribution in [0.4, 0.5) is 0 Å². The molecule has 222 valence electrons. The molecular weight excluding hydrogens is 630 g/mol. The van der Waals surface area contributed by atoms with E-state index in [2.05, 4.69) is 26.8 Å². The zero-order chi connectivity index (χ0) is 30.1. The number of carbonyl (C=O) groups excluding carboxylic acids is 1. The Bertz CT molecular complexity index is 1530. The lowest BCUT2D eigenvalue weighted by molar-refractivity contribution is -0.130. The molecule has 0 fully saturated rings. The molecule has 1 amide bonds. The molecule has 7 nitrogen and oxygen atoms in total. The Morgan fingerprint density at radius 3 is 2.44 bits per heavy atom. The number of hydrazine groups is 1. The maximum atomic E-state index is 14.2. The Balaban J connectivity index is 1.45. The fourth-order valence-corrected chi connectivity index (χ4v) is 5.45. The van der Waals surface area contributed by atoms with E-state index < -0.39 is 11.6 Å². The number of halogens is 2. The summed E-state index contributed by atoms with van der Waals surface area (Å²) in [5.41, 5.74) is 8.31. The van der Waals surface area contributed by atoms with E-state index in [1.54, 1.807) is 0 Å². The van der Waals surface area contributed by atoms with Crippen molar-refractivity contribution in [2.75, 3.05) is 19.8 Å². The van der Waals surface area contributed by atoms with Crippen LogP contribution in [0.1, 0.15) is 34.8 Å².